The predicted molar refractivity (Wildman–Crippen MR) is 142 cm³/mol. The highest BCUT2D eigenvalue weighted by Gasteiger charge is 2.23. The van der Waals surface area contributed by atoms with Crippen molar-refractivity contribution in [3.63, 3.8) is 0 Å². The smallest absolute Gasteiger partial charge is 0.431 e. The number of aromatic nitrogens is 2. The zero-order valence-electron chi connectivity index (χ0n) is 21.2. The minimum absolute atomic E-state index is 0.0183. The number of hydrogen-bond acceptors (Lipinski definition) is 8. The van der Waals surface area contributed by atoms with Gasteiger partial charge in [-0.25, -0.2) is 22.9 Å². The first-order valence-electron chi connectivity index (χ1n) is 11.8. The van der Waals surface area contributed by atoms with E-state index in [4.69, 9.17) is 19.7 Å². The van der Waals surface area contributed by atoms with Crippen molar-refractivity contribution in [2.75, 3.05) is 6.26 Å². The average Bonchev–Trinajstić information content (AvgIpc) is 3.18. The van der Waals surface area contributed by atoms with Gasteiger partial charge in [-0.1, -0.05) is 55.8 Å². The molecule has 0 saturated heterocycles. The van der Waals surface area contributed by atoms with Crippen LogP contribution in [0.1, 0.15) is 45.0 Å². The van der Waals surface area contributed by atoms with Crippen LogP contribution in [0.25, 0.3) is 11.1 Å². The summed E-state index contributed by atoms with van der Waals surface area (Å²) < 4.78 is 39.5. The van der Waals surface area contributed by atoms with Crippen LogP contribution in [0.4, 0.5) is 4.79 Å². The Balaban J connectivity index is 1.96. The number of aryl methyl sites for hydroxylation is 1. The van der Waals surface area contributed by atoms with Crippen molar-refractivity contribution in [2.45, 2.75) is 62.6 Å². The summed E-state index contributed by atoms with van der Waals surface area (Å²) in [5, 5.41) is 9.43. The van der Waals surface area contributed by atoms with Gasteiger partial charge in [-0.05, 0) is 43.7 Å². The zero-order valence-corrected chi connectivity index (χ0v) is 22.9. The first-order chi connectivity index (χ1) is 17.7. The molecule has 0 amide bonds. The zero-order chi connectivity index (χ0) is 27.0. The van der Waals surface area contributed by atoms with Crippen molar-refractivity contribution < 1.29 is 22.7 Å². The molecule has 0 atom stereocenters. The van der Waals surface area contributed by atoms with Gasteiger partial charge in [0.25, 0.3) is 10.0 Å². The molecule has 37 heavy (non-hydrogen) atoms. The van der Waals surface area contributed by atoms with E-state index in [9.17, 15) is 13.2 Å². The van der Waals surface area contributed by atoms with Crippen LogP contribution in [0.15, 0.2) is 58.5 Å². The number of imidazole rings is 1. The summed E-state index contributed by atoms with van der Waals surface area (Å²) in [4.78, 5) is 17.0. The molecular weight excluding hydrogens is 512 g/mol. The standard InChI is InChI=1S/C26H30N4O5S2/c1-5-6-11-23-29-24(36-4)25(35-26(31)34-18(2)3)30(23)16-19-12-14-20(15-13-19)21-9-7-8-10-22(21)37(32,33)28-17-27/h7-10,12-15,18,28H,5-6,11,16H2,1-4H3. The number of nitriles is 1. The SMILES string of the molecule is CCCCc1nc(SC)c(OC(=O)OC(C)C)n1Cc1ccc(-c2ccccc2S(=O)(=O)NC#N)cc1. The summed E-state index contributed by atoms with van der Waals surface area (Å²) in [5.74, 6) is 1.15. The number of nitrogens with one attached hydrogen (secondary N) is 1. The molecule has 0 bridgehead atoms. The molecule has 9 nitrogen and oxygen atoms in total. The number of nitrogens with zero attached hydrogens (tertiary/aromatic N) is 3. The van der Waals surface area contributed by atoms with Gasteiger partial charge < -0.3 is 9.47 Å². The Hall–Kier alpha value is -3.49. The first kappa shape index (κ1) is 28.1. The van der Waals surface area contributed by atoms with E-state index in [1.807, 2.05) is 39.8 Å². The van der Waals surface area contributed by atoms with Crippen molar-refractivity contribution in [1.82, 2.24) is 14.3 Å². The van der Waals surface area contributed by atoms with E-state index < -0.39 is 16.2 Å². The van der Waals surface area contributed by atoms with Crippen molar-refractivity contribution in [3.8, 4) is 23.2 Å². The Morgan fingerprint density at radius 3 is 2.51 bits per heavy atom. The summed E-state index contributed by atoms with van der Waals surface area (Å²) in [6, 6.07) is 13.9. The third-order valence-corrected chi connectivity index (χ3v) is 7.34. The highest BCUT2D eigenvalue weighted by molar-refractivity contribution is 7.98. The van der Waals surface area contributed by atoms with E-state index in [0.29, 0.717) is 28.6 Å². The number of thioether (sulfide) groups is 1. The second-order valence-electron chi connectivity index (χ2n) is 8.46. The lowest BCUT2D eigenvalue weighted by molar-refractivity contribution is 0.0694. The summed E-state index contributed by atoms with van der Waals surface area (Å²) in [6.45, 7) is 6.00. The van der Waals surface area contributed by atoms with Gasteiger partial charge in [-0.3, -0.25) is 4.57 Å². The molecule has 0 spiro atoms. The lowest BCUT2D eigenvalue weighted by Gasteiger charge is -2.14. The maximum atomic E-state index is 12.5. The van der Waals surface area contributed by atoms with Crippen molar-refractivity contribution >= 4 is 27.9 Å². The highest BCUT2D eigenvalue weighted by Crippen LogP contribution is 2.32. The quantitative estimate of drug-likeness (QED) is 0.149. The largest absolute Gasteiger partial charge is 0.515 e. The summed E-state index contributed by atoms with van der Waals surface area (Å²) >= 11 is 1.39. The third kappa shape index (κ3) is 7.05. The van der Waals surface area contributed by atoms with E-state index in [1.54, 1.807) is 32.0 Å². The molecule has 0 aliphatic rings. The lowest BCUT2D eigenvalue weighted by Crippen LogP contribution is -2.19. The minimum atomic E-state index is -3.97. The molecule has 0 fully saturated rings. The van der Waals surface area contributed by atoms with Crippen LogP contribution in [-0.4, -0.2) is 36.5 Å². The monoisotopic (exact) mass is 542 g/mol. The van der Waals surface area contributed by atoms with Crippen molar-refractivity contribution in [1.29, 1.82) is 5.26 Å². The number of benzene rings is 2. The molecule has 1 N–H and O–H groups in total. The van der Waals surface area contributed by atoms with Gasteiger partial charge in [0.05, 0.1) is 17.5 Å². The van der Waals surface area contributed by atoms with Crippen molar-refractivity contribution in [2.24, 2.45) is 0 Å². The number of rotatable bonds is 11. The number of unbranched alkanes of at least 4 members (excludes halogenated alkanes) is 1. The van der Waals surface area contributed by atoms with Crippen LogP contribution in [0.3, 0.4) is 0 Å². The normalized spacial score (nSPS) is 11.2. The molecule has 0 radical (unpaired) electrons. The second kappa shape index (κ2) is 12.7. The van der Waals surface area contributed by atoms with Gasteiger partial charge in [0.2, 0.25) is 5.88 Å². The first-order valence-corrected chi connectivity index (χ1v) is 14.5. The van der Waals surface area contributed by atoms with Crippen LogP contribution in [0.5, 0.6) is 5.88 Å². The number of carbonyl (C=O) groups is 1. The van der Waals surface area contributed by atoms with Gasteiger partial charge in [-0.15, -0.1) is 11.8 Å². The number of sulfonamides is 1. The molecule has 3 aromatic rings. The molecule has 0 aliphatic carbocycles. The summed E-state index contributed by atoms with van der Waals surface area (Å²) in [6.07, 6.45) is 4.90. The number of ether oxygens (including phenoxy) is 2. The van der Waals surface area contributed by atoms with E-state index in [0.717, 1.165) is 30.7 Å². The highest BCUT2D eigenvalue weighted by atomic mass is 32.2. The number of carbonyl (C=O) groups excluding carboxylic acids is 1. The van der Waals surface area contributed by atoms with Crippen LogP contribution in [0.2, 0.25) is 0 Å². The molecule has 11 heteroatoms. The van der Waals surface area contributed by atoms with E-state index in [2.05, 4.69) is 6.92 Å². The number of hydrogen-bond donors (Lipinski definition) is 1. The summed E-state index contributed by atoms with van der Waals surface area (Å²) in [5.41, 5.74) is 2.07. The molecule has 3 rings (SSSR count). The van der Waals surface area contributed by atoms with Gasteiger partial charge in [0.15, 0.2) is 11.2 Å². The van der Waals surface area contributed by atoms with Crippen LogP contribution < -0.4 is 9.46 Å². The maximum absolute atomic E-state index is 12.5. The molecule has 196 valence electrons. The Bertz CT molecular complexity index is 1380. The molecule has 0 unspecified atom stereocenters. The minimum Gasteiger partial charge on any atom is -0.431 e. The molecule has 0 aliphatic heterocycles. The second-order valence-corrected chi connectivity index (χ2v) is 10.9. The molecule has 0 saturated carbocycles. The fourth-order valence-electron chi connectivity index (χ4n) is 3.70. The van der Waals surface area contributed by atoms with Gasteiger partial charge >= 0.3 is 6.16 Å². The molecule has 2 aromatic carbocycles. The van der Waals surface area contributed by atoms with Gasteiger partial charge in [0, 0.05) is 12.0 Å². The van der Waals surface area contributed by atoms with E-state index in [1.165, 1.54) is 24.0 Å². The topological polar surface area (TPSA) is 123 Å². The van der Waals surface area contributed by atoms with Crippen molar-refractivity contribution in [3.05, 3.63) is 59.9 Å². The summed E-state index contributed by atoms with van der Waals surface area (Å²) in [7, 11) is -3.97. The fourth-order valence-corrected chi connectivity index (χ4v) is 5.19. The molecular formula is C26H30N4O5S2. The fraction of sp³-hybridized carbons (Fsp3) is 0.346. The Kier molecular flexibility index (Phi) is 9.60. The molecule has 1 heterocycles. The van der Waals surface area contributed by atoms with Crippen LogP contribution in [-0.2, 0) is 27.7 Å². The lowest BCUT2D eigenvalue weighted by atomic mass is 10.0. The van der Waals surface area contributed by atoms with Gasteiger partial charge in [-0.2, -0.15) is 5.26 Å². The predicted octanol–water partition coefficient (Wildman–Crippen LogP) is 5.35. The third-order valence-electron chi connectivity index (χ3n) is 5.39. The average molecular weight is 543 g/mol. The van der Waals surface area contributed by atoms with Gasteiger partial charge in [0.1, 0.15) is 5.82 Å². The van der Waals surface area contributed by atoms with Crippen LogP contribution >= 0.6 is 11.8 Å². The maximum Gasteiger partial charge on any atom is 0.515 e. The van der Waals surface area contributed by atoms with E-state index >= 15 is 0 Å². The Morgan fingerprint density at radius 1 is 1.19 bits per heavy atom. The molecule has 1 aromatic heterocycles. The van der Waals surface area contributed by atoms with Crippen LogP contribution in [0, 0.1) is 11.5 Å². The van der Waals surface area contributed by atoms with E-state index in [-0.39, 0.29) is 11.0 Å². The Morgan fingerprint density at radius 2 is 1.89 bits per heavy atom. The Labute approximate surface area is 221 Å².